The lowest BCUT2D eigenvalue weighted by molar-refractivity contribution is 0.667. The largest absolute Gasteiger partial charge is 0.456 e. The molecule has 0 atom stereocenters. The molecular weight excluding hydrogens is 637 g/mol. The zero-order valence-corrected chi connectivity index (χ0v) is 27.9. The van der Waals surface area contributed by atoms with Crippen LogP contribution in [-0.2, 0) is 0 Å². The van der Waals surface area contributed by atoms with Crippen LogP contribution in [0.3, 0.4) is 0 Å². The number of hydrogen-bond acceptors (Lipinski definition) is 4. The predicted octanol–water partition coefficient (Wildman–Crippen LogP) is 13.2. The van der Waals surface area contributed by atoms with Crippen LogP contribution >= 0.6 is 0 Å². The van der Waals surface area contributed by atoms with Crippen LogP contribution in [0.4, 0.5) is 0 Å². The molecule has 8 aromatic carbocycles. The number of benzene rings is 8. The van der Waals surface area contributed by atoms with Gasteiger partial charge in [-0.3, -0.25) is 0 Å². The Morgan fingerprint density at radius 3 is 1.87 bits per heavy atom. The number of rotatable bonds is 4. The van der Waals surface area contributed by atoms with E-state index in [0.29, 0.717) is 11.4 Å². The number of aromatic nitrogens is 2. The van der Waals surface area contributed by atoms with Crippen molar-refractivity contribution in [2.24, 2.45) is 0 Å². The minimum atomic E-state index is 0.652. The van der Waals surface area contributed by atoms with Gasteiger partial charge in [-0.2, -0.15) is 0 Å². The molecule has 0 radical (unpaired) electrons. The predicted molar refractivity (Wildman–Crippen MR) is 213 cm³/mol. The van der Waals surface area contributed by atoms with Gasteiger partial charge in [-0.25, -0.2) is 9.97 Å². The molecule has 0 amide bonds. The summed E-state index contributed by atoms with van der Waals surface area (Å²) in [7, 11) is 0. The SMILES string of the molecule is c1ccc(-c2ccc3cc(-c4ccc5c(c4)oc4cccc(-c6nc(-c7ccc8ccccc8c7)nc7c6oc6ccccc67)c45)ccc3c2)cc1. The molecule has 0 aliphatic rings. The molecule has 242 valence electrons. The molecule has 0 N–H and O–H groups in total. The van der Waals surface area contributed by atoms with Crippen molar-refractivity contribution in [3.63, 3.8) is 0 Å². The van der Waals surface area contributed by atoms with E-state index in [4.69, 9.17) is 18.8 Å². The van der Waals surface area contributed by atoms with E-state index in [1.165, 1.54) is 27.3 Å². The van der Waals surface area contributed by atoms with Crippen molar-refractivity contribution in [3.8, 4) is 44.9 Å². The van der Waals surface area contributed by atoms with Crippen molar-refractivity contribution in [3.05, 3.63) is 170 Å². The Morgan fingerprint density at radius 1 is 0.365 bits per heavy atom. The summed E-state index contributed by atoms with van der Waals surface area (Å²) < 4.78 is 13.1. The zero-order valence-electron chi connectivity index (χ0n) is 27.9. The van der Waals surface area contributed by atoms with Crippen LogP contribution in [0.2, 0.25) is 0 Å². The summed E-state index contributed by atoms with van der Waals surface area (Å²) in [4.78, 5) is 10.4. The Hall–Kier alpha value is -7.04. The number of furan rings is 2. The fourth-order valence-corrected chi connectivity index (χ4v) is 7.67. The molecule has 11 rings (SSSR count). The number of nitrogens with zero attached hydrogens (tertiary/aromatic N) is 2. The van der Waals surface area contributed by atoms with Gasteiger partial charge in [0.15, 0.2) is 11.4 Å². The monoisotopic (exact) mass is 664 g/mol. The molecule has 0 aliphatic heterocycles. The molecule has 0 unspecified atom stereocenters. The van der Waals surface area contributed by atoms with E-state index in [9.17, 15) is 0 Å². The average molecular weight is 665 g/mol. The molecular formula is C48H28N2O2. The van der Waals surface area contributed by atoms with Gasteiger partial charge < -0.3 is 8.83 Å². The first-order valence-corrected chi connectivity index (χ1v) is 17.5. The molecule has 4 heteroatoms. The van der Waals surface area contributed by atoms with Gasteiger partial charge in [-0.05, 0) is 92.3 Å². The van der Waals surface area contributed by atoms with Crippen LogP contribution < -0.4 is 0 Å². The van der Waals surface area contributed by atoms with Gasteiger partial charge in [0, 0.05) is 27.3 Å². The standard InChI is InChI=1S/C48H28N2O2/c1-2-9-29(10-3-1)32-18-19-34-26-35(21-20-33(34)25-32)36-23-24-38-43(28-36)51-42-16-8-14-40(44(38)42)46-47-45(39-13-6-7-15-41(39)52-47)49-48(50-46)37-22-17-30-11-4-5-12-31(30)27-37/h1-28H. The third-order valence-electron chi connectivity index (χ3n) is 10.3. The van der Waals surface area contributed by atoms with Gasteiger partial charge in [0.1, 0.15) is 28.0 Å². The molecule has 0 bridgehead atoms. The van der Waals surface area contributed by atoms with Gasteiger partial charge in [-0.1, -0.05) is 121 Å². The zero-order chi connectivity index (χ0) is 34.2. The van der Waals surface area contributed by atoms with Crippen LogP contribution in [0.25, 0.3) is 110 Å². The maximum Gasteiger partial charge on any atom is 0.180 e. The maximum absolute atomic E-state index is 6.59. The van der Waals surface area contributed by atoms with E-state index in [-0.39, 0.29) is 0 Å². The highest BCUT2D eigenvalue weighted by atomic mass is 16.3. The fraction of sp³-hybridized carbons (Fsp3) is 0. The molecule has 4 nitrogen and oxygen atoms in total. The summed E-state index contributed by atoms with van der Waals surface area (Å²) >= 11 is 0. The first kappa shape index (κ1) is 28.8. The second-order valence-corrected chi connectivity index (χ2v) is 13.4. The van der Waals surface area contributed by atoms with Gasteiger partial charge in [0.2, 0.25) is 0 Å². The van der Waals surface area contributed by atoms with E-state index in [1.807, 2.05) is 30.3 Å². The number of hydrogen-bond donors (Lipinski definition) is 0. The third-order valence-corrected chi connectivity index (χ3v) is 10.3. The molecule has 52 heavy (non-hydrogen) atoms. The van der Waals surface area contributed by atoms with Gasteiger partial charge in [-0.15, -0.1) is 0 Å². The van der Waals surface area contributed by atoms with Crippen molar-refractivity contribution in [1.82, 2.24) is 9.97 Å². The summed E-state index contributed by atoms with van der Waals surface area (Å²) in [6, 6.07) is 59.3. The van der Waals surface area contributed by atoms with Crippen molar-refractivity contribution < 1.29 is 8.83 Å². The second kappa shape index (κ2) is 11.2. The molecule has 0 saturated heterocycles. The highest BCUT2D eigenvalue weighted by Gasteiger charge is 2.22. The minimum Gasteiger partial charge on any atom is -0.456 e. The van der Waals surface area contributed by atoms with Crippen LogP contribution in [-0.4, -0.2) is 9.97 Å². The highest BCUT2D eigenvalue weighted by molar-refractivity contribution is 6.16. The first-order valence-electron chi connectivity index (χ1n) is 17.5. The number of para-hydroxylation sites is 1. The fourth-order valence-electron chi connectivity index (χ4n) is 7.67. The Balaban J connectivity index is 1.07. The van der Waals surface area contributed by atoms with Crippen molar-refractivity contribution in [1.29, 1.82) is 0 Å². The Kier molecular flexibility index (Phi) is 6.22. The maximum atomic E-state index is 6.59. The normalized spacial score (nSPS) is 11.8. The summed E-state index contributed by atoms with van der Waals surface area (Å²) in [6.45, 7) is 0. The van der Waals surface area contributed by atoms with Crippen molar-refractivity contribution >= 4 is 65.6 Å². The Labute approximate surface area is 298 Å². The molecule has 0 fully saturated rings. The first-order chi connectivity index (χ1) is 25.7. The quantitative estimate of drug-likeness (QED) is 0.188. The van der Waals surface area contributed by atoms with E-state index in [1.54, 1.807) is 0 Å². The minimum absolute atomic E-state index is 0.652. The van der Waals surface area contributed by atoms with Gasteiger partial charge in [0.05, 0.1) is 0 Å². The van der Waals surface area contributed by atoms with Crippen LogP contribution in [0, 0.1) is 0 Å². The lowest BCUT2D eigenvalue weighted by Crippen LogP contribution is -1.94. The van der Waals surface area contributed by atoms with E-state index in [2.05, 4.69) is 140 Å². The van der Waals surface area contributed by atoms with Crippen molar-refractivity contribution in [2.75, 3.05) is 0 Å². The molecule has 3 heterocycles. The Bertz CT molecular complexity index is 3190. The van der Waals surface area contributed by atoms with E-state index in [0.717, 1.165) is 71.8 Å². The van der Waals surface area contributed by atoms with Gasteiger partial charge >= 0.3 is 0 Å². The van der Waals surface area contributed by atoms with Crippen LogP contribution in [0.15, 0.2) is 179 Å². The topological polar surface area (TPSA) is 52.1 Å². The van der Waals surface area contributed by atoms with Gasteiger partial charge in [0.25, 0.3) is 0 Å². The lowest BCUT2D eigenvalue weighted by atomic mass is 9.97. The second-order valence-electron chi connectivity index (χ2n) is 13.4. The third kappa shape index (κ3) is 4.55. The number of fused-ring (bicyclic) bond motifs is 8. The molecule has 3 aromatic heterocycles. The highest BCUT2D eigenvalue weighted by Crippen LogP contribution is 2.42. The smallest absolute Gasteiger partial charge is 0.180 e. The summed E-state index contributed by atoms with van der Waals surface area (Å²) in [5, 5.41) is 7.72. The van der Waals surface area contributed by atoms with E-state index >= 15 is 0 Å². The van der Waals surface area contributed by atoms with Crippen LogP contribution in [0.1, 0.15) is 0 Å². The van der Waals surface area contributed by atoms with Crippen molar-refractivity contribution in [2.45, 2.75) is 0 Å². The average Bonchev–Trinajstić information content (AvgIpc) is 3.78. The summed E-state index contributed by atoms with van der Waals surface area (Å²) in [6.07, 6.45) is 0. The molecule has 0 aliphatic carbocycles. The lowest BCUT2D eigenvalue weighted by Gasteiger charge is -2.09. The molecule has 0 spiro atoms. The summed E-state index contributed by atoms with van der Waals surface area (Å²) in [5.74, 6) is 0.652. The molecule has 11 aromatic rings. The summed E-state index contributed by atoms with van der Waals surface area (Å²) in [5.41, 5.74) is 11.2. The Morgan fingerprint density at radius 2 is 1.00 bits per heavy atom. The van der Waals surface area contributed by atoms with Crippen LogP contribution in [0.5, 0.6) is 0 Å². The molecule has 0 saturated carbocycles. The van der Waals surface area contributed by atoms with E-state index < -0.39 is 0 Å².